The summed E-state index contributed by atoms with van der Waals surface area (Å²) >= 11 is 3.37. The van der Waals surface area contributed by atoms with Crippen molar-refractivity contribution in [2.45, 2.75) is 32.9 Å². The highest BCUT2D eigenvalue weighted by atomic mass is 79.9. The number of rotatable bonds is 11. The van der Waals surface area contributed by atoms with E-state index in [-0.39, 0.29) is 12.5 Å². The molecule has 1 N–H and O–H groups in total. The largest absolute Gasteiger partial charge is 0.355 e. The molecule has 3 aromatic rings. The predicted octanol–water partition coefficient (Wildman–Crippen LogP) is 4.30. The van der Waals surface area contributed by atoms with Crippen molar-refractivity contribution in [1.29, 1.82) is 0 Å². The van der Waals surface area contributed by atoms with Crippen LogP contribution in [0.5, 0.6) is 0 Å². The molecule has 0 aliphatic rings. The fraction of sp³-hybridized carbons (Fsp3) is 0.286. The van der Waals surface area contributed by atoms with Crippen LogP contribution in [0.2, 0.25) is 0 Å². The van der Waals surface area contributed by atoms with Gasteiger partial charge in [-0.05, 0) is 48.7 Å². The van der Waals surface area contributed by atoms with E-state index >= 15 is 0 Å². The van der Waals surface area contributed by atoms with Crippen molar-refractivity contribution < 1.29 is 18.0 Å². The second kappa shape index (κ2) is 12.9. The third-order valence-electron chi connectivity index (χ3n) is 6.00. The summed E-state index contributed by atoms with van der Waals surface area (Å²) in [5, 5.41) is 2.85. The average molecular weight is 587 g/mol. The minimum atomic E-state index is -3.79. The Morgan fingerprint density at radius 3 is 2.27 bits per heavy atom. The van der Waals surface area contributed by atoms with Gasteiger partial charge in [-0.25, -0.2) is 8.42 Å². The predicted molar refractivity (Wildman–Crippen MR) is 151 cm³/mol. The summed E-state index contributed by atoms with van der Waals surface area (Å²) in [6.45, 7) is 3.90. The fourth-order valence-electron chi connectivity index (χ4n) is 4.06. The number of halogens is 1. The number of hydrogen-bond acceptors (Lipinski definition) is 4. The zero-order valence-electron chi connectivity index (χ0n) is 21.2. The second-order valence-electron chi connectivity index (χ2n) is 8.80. The molecule has 0 fully saturated rings. The Morgan fingerprint density at radius 2 is 1.65 bits per heavy atom. The van der Waals surface area contributed by atoms with E-state index in [2.05, 4.69) is 21.2 Å². The normalized spacial score (nSPS) is 12.0. The molecule has 0 aliphatic carbocycles. The number of carbonyl (C=O) groups is 2. The first-order valence-electron chi connectivity index (χ1n) is 12.0. The Morgan fingerprint density at radius 1 is 0.973 bits per heavy atom. The lowest BCUT2D eigenvalue weighted by atomic mass is 10.0. The average Bonchev–Trinajstić information content (AvgIpc) is 2.85. The highest BCUT2D eigenvalue weighted by Gasteiger charge is 2.33. The number of amides is 2. The molecule has 0 bridgehead atoms. The monoisotopic (exact) mass is 585 g/mol. The molecule has 1 atom stereocenters. The van der Waals surface area contributed by atoms with Crippen LogP contribution >= 0.6 is 15.9 Å². The van der Waals surface area contributed by atoms with Crippen molar-refractivity contribution in [3.8, 4) is 0 Å². The van der Waals surface area contributed by atoms with Crippen molar-refractivity contribution in [3.05, 3.63) is 100 Å². The Balaban J connectivity index is 2.05. The molecular weight excluding hydrogens is 554 g/mol. The fourth-order valence-corrected chi connectivity index (χ4v) is 5.29. The van der Waals surface area contributed by atoms with Crippen molar-refractivity contribution in [2.75, 3.05) is 23.7 Å². The summed E-state index contributed by atoms with van der Waals surface area (Å²) in [7, 11) is -3.79. The smallest absolute Gasteiger partial charge is 0.244 e. The van der Waals surface area contributed by atoms with Crippen LogP contribution in [-0.4, -0.2) is 50.5 Å². The lowest BCUT2D eigenvalue weighted by Gasteiger charge is -2.33. The molecule has 2 amide bonds. The zero-order chi connectivity index (χ0) is 27.0. The van der Waals surface area contributed by atoms with Crippen LogP contribution in [0.25, 0.3) is 0 Å². The van der Waals surface area contributed by atoms with E-state index in [4.69, 9.17) is 0 Å². The summed E-state index contributed by atoms with van der Waals surface area (Å²) in [5.74, 6) is -0.762. The van der Waals surface area contributed by atoms with Gasteiger partial charge in [-0.15, -0.1) is 0 Å². The van der Waals surface area contributed by atoms with Crippen molar-refractivity contribution in [3.63, 3.8) is 0 Å². The number of hydrogen-bond donors (Lipinski definition) is 1. The van der Waals surface area contributed by atoms with E-state index in [1.165, 1.54) is 4.90 Å². The van der Waals surface area contributed by atoms with Crippen LogP contribution in [0.3, 0.4) is 0 Å². The van der Waals surface area contributed by atoms with Gasteiger partial charge in [-0.1, -0.05) is 76.6 Å². The highest BCUT2D eigenvalue weighted by molar-refractivity contribution is 9.10. The molecular formula is C28H32BrN3O4S. The molecule has 9 heteroatoms. The molecule has 0 aromatic heterocycles. The molecule has 0 heterocycles. The maximum absolute atomic E-state index is 13.9. The summed E-state index contributed by atoms with van der Waals surface area (Å²) in [5.41, 5.74) is 3.11. The van der Waals surface area contributed by atoms with Gasteiger partial charge in [0.25, 0.3) is 0 Å². The van der Waals surface area contributed by atoms with Crippen LogP contribution in [0.15, 0.2) is 83.3 Å². The Bertz CT molecular complexity index is 1330. The minimum absolute atomic E-state index is 0.163. The molecule has 0 unspecified atom stereocenters. The summed E-state index contributed by atoms with van der Waals surface area (Å²) in [4.78, 5) is 28.8. The maximum atomic E-state index is 13.9. The van der Waals surface area contributed by atoms with Gasteiger partial charge in [0, 0.05) is 24.0 Å². The van der Waals surface area contributed by atoms with E-state index < -0.39 is 28.5 Å². The van der Waals surface area contributed by atoms with Crippen LogP contribution in [0.1, 0.15) is 23.6 Å². The van der Waals surface area contributed by atoms with E-state index in [9.17, 15) is 18.0 Å². The summed E-state index contributed by atoms with van der Waals surface area (Å²) in [6, 6.07) is 23.1. The first kappa shape index (κ1) is 28.4. The van der Waals surface area contributed by atoms with Gasteiger partial charge < -0.3 is 10.2 Å². The molecule has 37 heavy (non-hydrogen) atoms. The van der Waals surface area contributed by atoms with E-state index in [1.807, 2.05) is 68.4 Å². The van der Waals surface area contributed by atoms with E-state index in [1.54, 1.807) is 24.3 Å². The molecule has 0 radical (unpaired) electrons. The number of nitrogens with one attached hydrogen (secondary N) is 1. The number of nitrogens with zero attached hydrogens (tertiary/aromatic N) is 2. The number of likely N-dealkylation sites (N-methyl/N-ethyl adjacent to an activating group) is 1. The van der Waals surface area contributed by atoms with Crippen LogP contribution in [-0.2, 0) is 32.6 Å². The quantitative estimate of drug-likeness (QED) is 0.363. The molecule has 196 valence electrons. The topological polar surface area (TPSA) is 86.8 Å². The van der Waals surface area contributed by atoms with Crippen molar-refractivity contribution >= 4 is 43.5 Å². The second-order valence-corrected chi connectivity index (χ2v) is 11.6. The van der Waals surface area contributed by atoms with Gasteiger partial charge >= 0.3 is 0 Å². The zero-order valence-corrected chi connectivity index (χ0v) is 23.6. The van der Waals surface area contributed by atoms with E-state index in [0.717, 1.165) is 27.3 Å². The Kier molecular flexibility index (Phi) is 9.88. The molecule has 0 saturated carbocycles. The van der Waals surface area contributed by atoms with Crippen LogP contribution in [0.4, 0.5) is 5.69 Å². The van der Waals surface area contributed by atoms with Gasteiger partial charge in [0.2, 0.25) is 21.8 Å². The van der Waals surface area contributed by atoms with Crippen molar-refractivity contribution in [2.24, 2.45) is 0 Å². The third-order valence-corrected chi connectivity index (χ3v) is 7.63. The van der Waals surface area contributed by atoms with Gasteiger partial charge in [-0.3, -0.25) is 13.9 Å². The van der Waals surface area contributed by atoms with Gasteiger partial charge in [0.1, 0.15) is 12.6 Å². The maximum Gasteiger partial charge on any atom is 0.244 e. The van der Waals surface area contributed by atoms with Gasteiger partial charge in [-0.2, -0.15) is 0 Å². The third kappa shape index (κ3) is 7.90. The SMILES string of the molecule is CCNC(=O)[C@H](Cc1ccccc1)N(Cc1ccccc1C)C(=O)CN(c1cccc(Br)c1)S(C)(=O)=O. The van der Waals surface area contributed by atoms with Gasteiger partial charge in [0.05, 0.1) is 11.9 Å². The molecule has 3 rings (SSSR count). The summed E-state index contributed by atoms with van der Waals surface area (Å²) < 4.78 is 27.3. The Labute approximate surface area is 227 Å². The first-order chi connectivity index (χ1) is 17.6. The van der Waals surface area contributed by atoms with Crippen LogP contribution in [0, 0.1) is 6.92 Å². The molecule has 0 spiro atoms. The molecule has 0 aliphatic heterocycles. The number of aryl methyl sites for hydroxylation is 1. The van der Waals surface area contributed by atoms with Crippen molar-refractivity contribution in [1.82, 2.24) is 10.2 Å². The number of benzene rings is 3. The highest BCUT2D eigenvalue weighted by Crippen LogP contribution is 2.24. The minimum Gasteiger partial charge on any atom is -0.355 e. The standard InChI is InChI=1S/C28H32BrN3O4S/c1-4-30-28(34)26(17-22-12-6-5-7-13-22)31(19-23-14-9-8-11-21(23)2)27(33)20-32(37(3,35)36)25-16-10-15-24(29)18-25/h5-16,18,26H,4,17,19-20H2,1-3H3,(H,30,34)/t26-/m0/s1. The molecule has 0 saturated heterocycles. The lowest BCUT2D eigenvalue weighted by molar-refractivity contribution is -0.140. The number of anilines is 1. The van der Waals surface area contributed by atoms with E-state index in [0.29, 0.717) is 23.1 Å². The number of sulfonamides is 1. The van der Waals surface area contributed by atoms with Crippen LogP contribution < -0.4 is 9.62 Å². The first-order valence-corrected chi connectivity index (χ1v) is 14.6. The Hall–Kier alpha value is -3.17. The lowest BCUT2D eigenvalue weighted by Crippen LogP contribution is -2.53. The molecule has 7 nitrogen and oxygen atoms in total. The number of carbonyl (C=O) groups excluding carboxylic acids is 2. The summed E-state index contributed by atoms with van der Waals surface area (Å²) in [6.07, 6.45) is 1.36. The molecule has 3 aromatic carbocycles. The van der Waals surface area contributed by atoms with Gasteiger partial charge in [0.15, 0.2) is 0 Å².